The summed E-state index contributed by atoms with van der Waals surface area (Å²) in [6.45, 7) is 12.3. The molecule has 1 saturated heterocycles. The summed E-state index contributed by atoms with van der Waals surface area (Å²) in [5, 5.41) is 9.09. The third-order valence-corrected chi connectivity index (χ3v) is 5.33. The second-order valence-corrected chi connectivity index (χ2v) is 7.36. The van der Waals surface area contributed by atoms with Gasteiger partial charge in [0.05, 0.1) is 23.7 Å². The van der Waals surface area contributed by atoms with Crippen molar-refractivity contribution in [1.82, 2.24) is 14.3 Å². The van der Waals surface area contributed by atoms with Gasteiger partial charge in [0.2, 0.25) is 0 Å². The Balaban J connectivity index is 1.89. The SMILES string of the molecule is C=C(C)/C(C)=C/C(=NC)c1cc(=O)n2cc(N3CCN(CCO)CC3)ccc2n1. The van der Waals surface area contributed by atoms with Gasteiger partial charge in [0, 0.05) is 52.0 Å². The van der Waals surface area contributed by atoms with E-state index in [4.69, 9.17) is 5.11 Å². The first-order valence-corrected chi connectivity index (χ1v) is 9.86. The van der Waals surface area contributed by atoms with E-state index in [0.29, 0.717) is 23.6 Å². The maximum atomic E-state index is 12.8. The standard InChI is InChI=1S/C22H29N5O2/c1-16(2)17(3)13-19(23-4)20-14-22(29)27-15-18(5-6-21(27)24-20)26-9-7-25(8-10-26)11-12-28/h5-6,13-15,28H,1,7-12H2,2-4H3/b17-13+,23-19?. The van der Waals surface area contributed by atoms with Gasteiger partial charge in [-0.05, 0) is 37.6 Å². The molecule has 2 aromatic heterocycles. The van der Waals surface area contributed by atoms with Crippen LogP contribution in [0.25, 0.3) is 5.65 Å². The van der Waals surface area contributed by atoms with Gasteiger partial charge in [0.15, 0.2) is 0 Å². The number of β-amino-alcohol motifs (C(OH)–C–C–N with tert-alkyl or cyclic N) is 1. The molecule has 0 radical (unpaired) electrons. The summed E-state index contributed by atoms with van der Waals surface area (Å²) in [5.74, 6) is 0. The lowest BCUT2D eigenvalue weighted by molar-refractivity contribution is 0.189. The second kappa shape index (κ2) is 9.15. The van der Waals surface area contributed by atoms with E-state index in [1.54, 1.807) is 11.4 Å². The molecule has 0 spiro atoms. The number of pyridine rings is 1. The van der Waals surface area contributed by atoms with E-state index >= 15 is 0 Å². The quantitative estimate of drug-likeness (QED) is 0.596. The number of piperazine rings is 1. The molecule has 0 aromatic carbocycles. The minimum atomic E-state index is -0.131. The van der Waals surface area contributed by atoms with E-state index in [1.807, 2.05) is 38.3 Å². The molecule has 1 fully saturated rings. The lowest BCUT2D eigenvalue weighted by Gasteiger charge is -2.35. The van der Waals surface area contributed by atoms with Gasteiger partial charge in [-0.15, -0.1) is 0 Å². The van der Waals surface area contributed by atoms with Gasteiger partial charge < -0.3 is 10.0 Å². The van der Waals surface area contributed by atoms with Crippen molar-refractivity contribution in [3.05, 3.63) is 64.2 Å². The smallest absolute Gasteiger partial charge is 0.258 e. The van der Waals surface area contributed by atoms with Crippen LogP contribution in [0.15, 0.2) is 58.0 Å². The van der Waals surface area contributed by atoms with Crippen LogP contribution < -0.4 is 10.5 Å². The average Bonchev–Trinajstić information content (AvgIpc) is 2.72. The molecule has 29 heavy (non-hydrogen) atoms. The van der Waals surface area contributed by atoms with Gasteiger partial charge in [0.1, 0.15) is 5.65 Å². The Hall–Kier alpha value is -2.77. The fourth-order valence-electron chi connectivity index (χ4n) is 3.36. The summed E-state index contributed by atoms with van der Waals surface area (Å²) in [4.78, 5) is 26.2. The lowest BCUT2D eigenvalue weighted by Crippen LogP contribution is -2.47. The predicted molar refractivity (Wildman–Crippen MR) is 118 cm³/mol. The molecule has 1 aliphatic rings. The van der Waals surface area contributed by atoms with Crippen LogP contribution >= 0.6 is 0 Å². The molecular weight excluding hydrogens is 366 g/mol. The maximum Gasteiger partial charge on any atom is 0.258 e. The summed E-state index contributed by atoms with van der Waals surface area (Å²) >= 11 is 0. The van der Waals surface area contributed by atoms with Crippen molar-refractivity contribution in [2.45, 2.75) is 13.8 Å². The van der Waals surface area contributed by atoms with Gasteiger partial charge in [0.25, 0.3) is 5.56 Å². The normalized spacial score (nSPS) is 16.5. The van der Waals surface area contributed by atoms with Gasteiger partial charge in [-0.2, -0.15) is 0 Å². The maximum absolute atomic E-state index is 12.8. The van der Waals surface area contributed by atoms with Crippen molar-refractivity contribution in [3.8, 4) is 0 Å². The van der Waals surface area contributed by atoms with Crippen LogP contribution in [0.5, 0.6) is 0 Å². The highest BCUT2D eigenvalue weighted by atomic mass is 16.3. The zero-order valence-corrected chi connectivity index (χ0v) is 17.4. The Labute approximate surface area is 171 Å². The van der Waals surface area contributed by atoms with Crippen LogP contribution in [0, 0.1) is 0 Å². The largest absolute Gasteiger partial charge is 0.395 e. The monoisotopic (exact) mass is 395 g/mol. The number of hydrogen-bond donors (Lipinski definition) is 1. The molecule has 2 aromatic rings. The highest BCUT2D eigenvalue weighted by Gasteiger charge is 2.17. The number of hydrogen-bond acceptors (Lipinski definition) is 6. The molecule has 0 bridgehead atoms. The van der Waals surface area contributed by atoms with Gasteiger partial charge in [-0.1, -0.05) is 12.2 Å². The van der Waals surface area contributed by atoms with E-state index < -0.39 is 0 Å². The zero-order valence-electron chi connectivity index (χ0n) is 17.4. The lowest BCUT2D eigenvalue weighted by atomic mass is 10.1. The van der Waals surface area contributed by atoms with E-state index in [9.17, 15) is 4.79 Å². The predicted octanol–water partition coefficient (Wildman–Crippen LogP) is 1.75. The number of nitrogens with zero attached hydrogens (tertiary/aromatic N) is 5. The molecular formula is C22H29N5O2. The molecule has 0 saturated carbocycles. The molecule has 3 heterocycles. The summed E-state index contributed by atoms with van der Waals surface area (Å²) in [7, 11) is 1.70. The van der Waals surface area contributed by atoms with Crippen LogP contribution in [0.4, 0.5) is 5.69 Å². The Kier molecular flexibility index (Phi) is 6.61. The van der Waals surface area contributed by atoms with E-state index in [0.717, 1.165) is 43.0 Å². The summed E-state index contributed by atoms with van der Waals surface area (Å²) < 4.78 is 1.58. The summed E-state index contributed by atoms with van der Waals surface area (Å²) in [5.41, 5.74) is 4.64. The van der Waals surface area contributed by atoms with Gasteiger partial charge in [-0.3, -0.25) is 19.1 Å². The first kappa shape index (κ1) is 21.0. The molecule has 0 unspecified atom stereocenters. The summed E-state index contributed by atoms with van der Waals surface area (Å²) in [6, 6.07) is 5.41. The first-order chi connectivity index (χ1) is 13.9. The van der Waals surface area contributed by atoms with Crippen molar-refractivity contribution < 1.29 is 5.11 Å². The molecule has 3 rings (SSSR count). The van der Waals surface area contributed by atoms with Crippen LogP contribution in [0.1, 0.15) is 19.5 Å². The van der Waals surface area contributed by atoms with Gasteiger partial charge >= 0.3 is 0 Å². The Bertz CT molecular complexity index is 1010. The fourth-order valence-corrected chi connectivity index (χ4v) is 3.36. The minimum absolute atomic E-state index is 0.131. The fraction of sp³-hybridized carbons (Fsp3) is 0.409. The molecule has 7 nitrogen and oxygen atoms in total. The van der Waals surface area contributed by atoms with Crippen molar-refractivity contribution in [2.75, 3.05) is 51.3 Å². The van der Waals surface area contributed by atoms with Crippen LogP contribution in [0.3, 0.4) is 0 Å². The Morgan fingerprint density at radius 1 is 1.28 bits per heavy atom. The number of allylic oxidation sites excluding steroid dienone is 3. The number of aliphatic hydroxyl groups is 1. The van der Waals surface area contributed by atoms with Crippen LogP contribution in [-0.4, -0.2) is 71.5 Å². The van der Waals surface area contributed by atoms with E-state index in [-0.39, 0.29) is 12.2 Å². The number of fused-ring (bicyclic) bond motifs is 1. The third kappa shape index (κ3) is 4.81. The average molecular weight is 396 g/mol. The van der Waals surface area contributed by atoms with Crippen molar-refractivity contribution in [3.63, 3.8) is 0 Å². The number of aromatic nitrogens is 2. The van der Waals surface area contributed by atoms with Crippen molar-refractivity contribution in [1.29, 1.82) is 0 Å². The van der Waals surface area contributed by atoms with Gasteiger partial charge in [-0.25, -0.2) is 4.98 Å². The summed E-state index contributed by atoms with van der Waals surface area (Å²) in [6.07, 6.45) is 3.76. The minimum Gasteiger partial charge on any atom is -0.395 e. The first-order valence-electron chi connectivity index (χ1n) is 9.86. The third-order valence-electron chi connectivity index (χ3n) is 5.33. The molecule has 1 aliphatic heterocycles. The Morgan fingerprint density at radius 2 is 2.00 bits per heavy atom. The van der Waals surface area contributed by atoms with E-state index in [2.05, 4.69) is 26.4 Å². The van der Waals surface area contributed by atoms with Crippen molar-refractivity contribution in [2.24, 2.45) is 4.99 Å². The molecule has 0 aliphatic carbocycles. The molecule has 0 amide bonds. The van der Waals surface area contributed by atoms with E-state index in [1.165, 1.54) is 6.07 Å². The highest BCUT2D eigenvalue weighted by Crippen LogP contribution is 2.17. The van der Waals surface area contributed by atoms with Crippen LogP contribution in [0.2, 0.25) is 0 Å². The zero-order chi connectivity index (χ0) is 21.0. The van der Waals surface area contributed by atoms with Crippen molar-refractivity contribution >= 4 is 17.0 Å². The van der Waals surface area contributed by atoms with Crippen LogP contribution in [-0.2, 0) is 0 Å². The number of rotatable bonds is 6. The topological polar surface area (TPSA) is 73.4 Å². The molecule has 0 atom stereocenters. The second-order valence-electron chi connectivity index (χ2n) is 7.36. The molecule has 154 valence electrons. The number of anilines is 1. The molecule has 1 N–H and O–H groups in total. The number of aliphatic hydroxyl groups excluding tert-OH is 1. The molecule has 7 heteroatoms. The highest BCUT2D eigenvalue weighted by molar-refractivity contribution is 6.08. The Morgan fingerprint density at radius 3 is 2.62 bits per heavy atom. The number of aliphatic imine (C=N–C) groups is 1.